The van der Waals surface area contributed by atoms with Gasteiger partial charge >= 0.3 is 5.97 Å². The van der Waals surface area contributed by atoms with Crippen LogP contribution in [0.2, 0.25) is 5.02 Å². The summed E-state index contributed by atoms with van der Waals surface area (Å²) in [6.45, 7) is 2.66. The first-order valence-corrected chi connectivity index (χ1v) is 5.53. The second-order valence-electron chi connectivity index (χ2n) is 3.54. The van der Waals surface area contributed by atoms with Crippen LogP contribution in [0.15, 0.2) is 12.3 Å². The van der Waals surface area contributed by atoms with Gasteiger partial charge in [0, 0.05) is 19.3 Å². The largest absolute Gasteiger partial charge is 0.478 e. The van der Waals surface area contributed by atoms with Crippen molar-refractivity contribution in [2.24, 2.45) is 0 Å². The monoisotopic (exact) mass is 257 g/mol. The fraction of sp³-hybridized carbons (Fsp3) is 0.400. The molecular formula is C10H12ClN3O3. The number of halogens is 1. The van der Waals surface area contributed by atoms with E-state index < -0.39 is 5.97 Å². The zero-order valence-electron chi connectivity index (χ0n) is 9.02. The average molecular weight is 258 g/mol. The molecular weight excluding hydrogens is 246 g/mol. The lowest BCUT2D eigenvalue weighted by Gasteiger charge is -2.27. The Morgan fingerprint density at radius 1 is 1.53 bits per heavy atom. The molecule has 1 aromatic heterocycles. The molecule has 0 amide bonds. The molecule has 92 valence electrons. The lowest BCUT2D eigenvalue weighted by Crippen LogP contribution is -2.40. The molecule has 0 spiro atoms. The summed E-state index contributed by atoms with van der Waals surface area (Å²) in [7, 11) is 0. The molecule has 6 nitrogen and oxygen atoms in total. The summed E-state index contributed by atoms with van der Waals surface area (Å²) in [5, 5.41) is 10.9. The number of ether oxygens (including phenoxy) is 1. The molecule has 0 saturated carbocycles. The zero-order chi connectivity index (χ0) is 12.3. The van der Waals surface area contributed by atoms with Gasteiger partial charge in [0.1, 0.15) is 0 Å². The molecule has 1 saturated heterocycles. The van der Waals surface area contributed by atoms with E-state index in [1.54, 1.807) is 0 Å². The number of carboxylic acids is 1. The summed E-state index contributed by atoms with van der Waals surface area (Å²) in [6.07, 6.45) is 1.41. The molecule has 2 rings (SSSR count). The first-order chi connectivity index (χ1) is 8.18. The number of nitrogens with zero attached hydrogens (tertiary/aromatic N) is 2. The standard InChI is InChI=1S/C10H12ClN3O3/c11-8-7(10(15)16)1-2-12-9(8)13-14-3-5-17-6-4-14/h1-2H,3-6H2,(H,12,13)(H,15,16). The highest BCUT2D eigenvalue weighted by Crippen LogP contribution is 2.23. The maximum absolute atomic E-state index is 10.9. The van der Waals surface area contributed by atoms with Crippen LogP contribution in [-0.2, 0) is 4.74 Å². The Kier molecular flexibility index (Phi) is 3.78. The molecule has 0 radical (unpaired) electrons. The SMILES string of the molecule is O=C(O)c1ccnc(NN2CCOCC2)c1Cl. The van der Waals surface area contributed by atoms with E-state index in [1.807, 2.05) is 5.01 Å². The summed E-state index contributed by atoms with van der Waals surface area (Å²) >= 11 is 5.96. The quantitative estimate of drug-likeness (QED) is 0.844. The molecule has 0 bridgehead atoms. The van der Waals surface area contributed by atoms with Gasteiger partial charge in [-0.15, -0.1) is 0 Å². The first kappa shape index (κ1) is 12.1. The Balaban J connectivity index is 2.15. The number of morpholine rings is 1. The molecule has 0 aromatic carbocycles. The topological polar surface area (TPSA) is 74.7 Å². The summed E-state index contributed by atoms with van der Waals surface area (Å²) < 4.78 is 5.20. The Hall–Kier alpha value is -1.37. The highest BCUT2D eigenvalue weighted by atomic mass is 35.5. The lowest BCUT2D eigenvalue weighted by atomic mass is 10.2. The van der Waals surface area contributed by atoms with Crippen LogP contribution in [0, 0.1) is 0 Å². The van der Waals surface area contributed by atoms with E-state index in [1.165, 1.54) is 12.3 Å². The lowest BCUT2D eigenvalue weighted by molar-refractivity contribution is 0.0494. The smallest absolute Gasteiger partial charge is 0.337 e. The van der Waals surface area contributed by atoms with E-state index in [-0.39, 0.29) is 10.6 Å². The van der Waals surface area contributed by atoms with E-state index in [9.17, 15) is 4.79 Å². The number of aromatic nitrogens is 1. The predicted molar refractivity (Wildman–Crippen MR) is 62.2 cm³/mol. The van der Waals surface area contributed by atoms with Gasteiger partial charge in [-0.2, -0.15) is 0 Å². The molecule has 0 atom stereocenters. The van der Waals surface area contributed by atoms with Crippen LogP contribution in [0.25, 0.3) is 0 Å². The molecule has 1 fully saturated rings. The van der Waals surface area contributed by atoms with Gasteiger partial charge in [-0.25, -0.2) is 14.8 Å². The number of hydrogen-bond donors (Lipinski definition) is 2. The molecule has 7 heteroatoms. The van der Waals surface area contributed by atoms with E-state index in [4.69, 9.17) is 21.4 Å². The summed E-state index contributed by atoms with van der Waals surface area (Å²) in [5.74, 6) is -0.712. The minimum absolute atomic E-state index is 0.0393. The molecule has 2 heterocycles. The molecule has 1 aromatic rings. The fourth-order valence-corrected chi connectivity index (χ4v) is 1.75. The predicted octanol–water partition coefficient (Wildman–Crippen LogP) is 1.09. The number of carbonyl (C=O) groups is 1. The fourth-order valence-electron chi connectivity index (χ4n) is 1.51. The van der Waals surface area contributed by atoms with Crippen molar-refractivity contribution in [3.63, 3.8) is 0 Å². The van der Waals surface area contributed by atoms with Crippen molar-refractivity contribution in [1.82, 2.24) is 9.99 Å². The Morgan fingerprint density at radius 3 is 2.88 bits per heavy atom. The van der Waals surface area contributed by atoms with Crippen LogP contribution in [0.1, 0.15) is 10.4 Å². The first-order valence-electron chi connectivity index (χ1n) is 5.15. The number of carboxylic acid groups (broad SMARTS) is 1. The van der Waals surface area contributed by atoms with Crippen LogP contribution < -0.4 is 5.43 Å². The maximum Gasteiger partial charge on any atom is 0.337 e. The Morgan fingerprint density at radius 2 is 2.24 bits per heavy atom. The molecule has 2 N–H and O–H groups in total. The number of nitrogens with one attached hydrogen (secondary N) is 1. The van der Waals surface area contributed by atoms with Gasteiger partial charge in [0.2, 0.25) is 0 Å². The van der Waals surface area contributed by atoms with Crippen LogP contribution >= 0.6 is 11.6 Å². The van der Waals surface area contributed by atoms with Gasteiger partial charge in [-0.05, 0) is 6.07 Å². The number of rotatable bonds is 3. The van der Waals surface area contributed by atoms with Crippen molar-refractivity contribution in [2.75, 3.05) is 31.7 Å². The number of hydrogen-bond acceptors (Lipinski definition) is 5. The minimum atomic E-state index is -1.07. The van der Waals surface area contributed by atoms with E-state index >= 15 is 0 Å². The van der Waals surface area contributed by atoms with Gasteiger partial charge in [-0.3, -0.25) is 0 Å². The summed E-state index contributed by atoms with van der Waals surface area (Å²) in [6, 6.07) is 1.37. The van der Waals surface area contributed by atoms with Crippen molar-refractivity contribution in [3.05, 3.63) is 22.8 Å². The third-order valence-corrected chi connectivity index (χ3v) is 2.78. The summed E-state index contributed by atoms with van der Waals surface area (Å²) in [5.41, 5.74) is 3.03. The highest BCUT2D eigenvalue weighted by molar-refractivity contribution is 6.35. The van der Waals surface area contributed by atoms with Crippen LogP contribution in [0.5, 0.6) is 0 Å². The highest BCUT2D eigenvalue weighted by Gasteiger charge is 2.16. The van der Waals surface area contributed by atoms with Gasteiger partial charge in [0.15, 0.2) is 5.82 Å². The number of pyridine rings is 1. The van der Waals surface area contributed by atoms with Crippen LogP contribution in [0.3, 0.4) is 0 Å². The molecule has 1 aliphatic rings. The van der Waals surface area contributed by atoms with E-state index in [0.29, 0.717) is 32.1 Å². The van der Waals surface area contributed by atoms with Gasteiger partial charge in [0.05, 0.1) is 23.8 Å². The second-order valence-corrected chi connectivity index (χ2v) is 3.92. The van der Waals surface area contributed by atoms with Gasteiger partial charge in [0.25, 0.3) is 0 Å². The Labute approximate surface area is 103 Å². The second kappa shape index (κ2) is 5.31. The van der Waals surface area contributed by atoms with Crippen LogP contribution in [0.4, 0.5) is 5.82 Å². The molecule has 1 aliphatic heterocycles. The number of hydrazine groups is 1. The summed E-state index contributed by atoms with van der Waals surface area (Å²) in [4.78, 5) is 14.9. The maximum atomic E-state index is 10.9. The third kappa shape index (κ3) is 2.85. The molecule has 17 heavy (non-hydrogen) atoms. The number of anilines is 1. The van der Waals surface area contributed by atoms with Crippen molar-refractivity contribution in [3.8, 4) is 0 Å². The Bertz CT molecular complexity index is 421. The minimum Gasteiger partial charge on any atom is -0.478 e. The zero-order valence-corrected chi connectivity index (χ0v) is 9.78. The molecule has 0 unspecified atom stereocenters. The van der Waals surface area contributed by atoms with Crippen molar-refractivity contribution >= 4 is 23.4 Å². The van der Waals surface area contributed by atoms with Crippen molar-refractivity contribution in [1.29, 1.82) is 0 Å². The normalized spacial score (nSPS) is 16.8. The average Bonchev–Trinajstić information content (AvgIpc) is 2.33. The molecule has 0 aliphatic carbocycles. The number of aromatic carboxylic acids is 1. The van der Waals surface area contributed by atoms with Crippen molar-refractivity contribution in [2.45, 2.75) is 0 Å². The van der Waals surface area contributed by atoms with E-state index in [0.717, 1.165) is 0 Å². The van der Waals surface area contributed by atoms with Gasteiger partial charge < -0.3 is 15.3 Å². The van der Waals surface area contributed by atoms with Gasteiger partial charge in [-0.1, -0.05) is 11.6 Å². The van der Waals surface area contributed by atoms with Crippen LogP contribution in [-0.4, -0.2) is 47.4 Å². The third-order valence-electron chi connectivity index (χ3n) is 2.39. The van der Waals surface area contributed by atoms with Crippen molar-refractivity contribution < 1.29 is 14.6 Å². The van der Waals surface area contributed by atoms with E-state index in [2.05, 4.69) is 10.4 Å².